The molecule has 2 fully saturated rings. The van der Waals surface area contributed by atoms with Crippen molar-refractivity contribution in [3.63, 3.8) is 0 Å². The van der Waals surface area contributed by atoms with Gasteiger partial charge in [-0.25, -0.2) is 14.2 Å². The summed E-state index contributed by atoms with van der Waals surface area (Å²) in [5.74, 6) is 5.79. The van der Waals surface area contributed by atoms with Crippen molar-refractivity contribution in [1.82, 2.24) is 19.8 Å². The standard InChI is InChI=1S/C22H18Cl2FN5O2/c23-17-11-16(25)4-3-15(17)2-1-14-12-30(13-14)22(31)29-9-7-28(8-10-29)21-27-20-18(32-21)5-6-19(24)26-20/h3-6,11,14H,7-10,12-13H2. The van der Waals surface area contributed by atoms with Crippen LogP contribution in [0.15, 0.2) is 34.7 Å². The molecule has 2 aliphatic rings. The van der Waals surface area contributed by atoms with Gasteiger partial charge in [-0.05, 0) is 30.3 Å². The number of nitrogens with zero attached hydrogens (tertiary/aromatic N) is 5. The van der Waals surface area contributed by atoms with E-state index in [1.54, 1.807) is 23.1 Å². The molecule has 2 aromatic heterocycles. The predicted octanol–water partition coefficient (Wildman–Crippen LogP) is 3.89. The Labute approximate surface area is 193 Å². The van der Waals surface area contributed by atoms with E-state index in [0.29, 0.717) is 72.3 Å². The van der Waals surface area contributed by atoms with E-state index < -0.39 is 5.82 Å². The van der Waals surface area contributed by atoms with Crippen LogP contribution in [0.1, 0.15) is 5.56 Å². The largest absolute Gasteiger partial charge is 0.422 e. The monoisotopic (exact) mass is 473 g/mol. The highest BCUT2D eigenvalue weighted by Crippen LogP contribution is 2.24. The summed E-state index contributed by atoms with van der Waals surface area (Å²) in [6.45, 7) is 3.53. The zero-order valence-corrected chi connectivity index (χ0v) is 18.4. The van der Waals surface area contributed by atoms with Gasteiger partial charge in [-0.2, -0.15) is 4.98 Å². The third-order valence-electron chi connectivity index (χ3n) is 5.52. The predicted molar refractivity (Wildman–Crippen MR) is 119 cm³/mol. The molecular formula is C22H18Cl2FN5O2. The van der Waals surface area contributed by atoms with E-state index in [-0.39, 0.29) is 11.9 Å². The molecular weight excluding hydrogens is 456 g/mol. The molecule has 2 saturated heterocycles. The van der Waals surface area contributed by atoms with E-state index in [2.05, 4.69) is 21.8 Å². The van der Waals surface area contributed by atoms with Gasteiger partial charge in [-0.15, -0.1) is 0 Å². The molecule has 2 aliphatic heterocycles. The number of urea groups is 1. The highest BCUT2D eigenvalue weighted by Gasteiger charge is 2.34. The van der Waals surface area contributed by atoms with Crippen molar-refractivity contribution < 1.29 is 13.6 Å². The van der Waals surface area contributed by atoms with Crippen LogP contribution < -0.4 is 4.90 Å². The molecule has 0 saturated carbocycles. The number of aromatic nitrogens is 2. The van der Waals surface area contributed by atoms with Crippen molar-refractivity contribution >= 4 is 46.5 Å². The Morgan fingerprint density at radius 1 is 1.06 bits per heavy atom. The van der Waals surface area contributed by atoms with E-state index in [1.165, 1.54) is 12.1 Å². The van der Waals surface area contributed by atoms with Gasteiger partial charge in [0.2, 0.25) is 5.65 Å². The average molecular weight is 474 g/mol. The first-order valence-electron chi connectivity index (χ1n) is 10.1. The van der Waals surface area contributed by atoms with Crippen LogP contribution in [0.4, 0.5) is 15.2 Å². The molecule has 0 N–H and O–H groups in total. The Hall–Kier alpha value is -3.02. The fourth-order valence-corrected chi connectivity index (χ4v) is 4.06. The van der Waals surface area contributed by atoms with Crippen molar-refractivity contribution in [2.45, 2.75) is 0 Å². The number of hydrogen-bond acceptors (Lipinski definition) is 5. The smallest absolute Gasteiger partial charge is 0.320 e. The van der Waals surface area contributed by atoms with Crippen LogP contribution in [-0.2, 0) is 0 Å². The summed E-state index contributed by atoms with van der Waals surface area (Å²) < 4.78 is 18.9. The summed E-state index contributed by atoms with van der Waals surface area (Å²) in [6, 6.07) is 8.04. The first-order chi connectivity index (χ1) is 15.5. The number of carbonyl (C=O) groups excluding carboxylic acids is 1. The molecule has 2 amide bonds. The highest BCUT2D eigenvalue weighted by atomic mass is 35.5. The van der Waals surface area contributed by atoms with Gasteiger partial charge < -0.3 is 19.1 Å². The number of amides is 2. The summed E-state index contributed by atoms with van der Waals surface area (Å²) in [4.78, 5) is 26.9. The van der Waals surface area contributed by atoms with E-state index >= 15 is 0 Å². The number of rotatable bonds is 1. The fourth-order valence-electron chi connectivity index (χ4n) is 3.71. The summed E-state index contributed by atoms with van der Waals surface area (Å²) in [7, 11) is 0. The molecule has 0 atom stereocenters. The lowest BCUT2D eigenvalue weighted by Crippen LogP contribution is -2.58. The normalized spacial score (nSPS) is 16.7. The van der Waals surface area contributed by atoms with Gasteiger partial charge in [-0.3, -0.25) is 0 Å². The Kier molecular flexibility index (Phi) is 5.53. The zero-order chi connectivity index (χ0) is 22.2. The molecule has 5 rings (SSSR count). The lowest BCUT2D eigenvalue weighted by Gasteiger charge is -2.42. The molecule has 3 aromatic rings. The molecule has 0 bridgehead atoms. The maximum absolute atomic E-state index is 13.1. The summed E-state index contributed by atoms with van der Waals surface area (Å²) >= 11 is 11.9. The molecule has 10 heteroatoms. The number of likely N-dealkylation sites (tertiary alicyclic amines) is 1. The lowest BCUT2D eigenvalue weighted by atomic mass is 10.0. The van der Waals surface area contributed by atoms with Crippen LogP contribution in [0.2, 0.25) is 10.2 Å². The molecule has 7 nitrogen and oxygen atoms in total. The number of hydrogen-bond donors (Lipinski definition) is 0. The van der Waals surface area contributed by atoms with Gasteiger partial charge in [0.1, 0.15) is 11.0 Å². The Balaban J connectivity index is 1.13. The van der Waals surface area contributed by atoms with E-state index in [1.807, 2.05) is 9.80 Å². The van der Waals surface area contributed by atoms with Gasteiger partial charge >= 0.3 is 6.03 Å². The van der Waals surface area contributed by atoms with Crippen molar-refractivity contribution in [2.75, 3.05) is 44.2 Å². The fraction of sp³-hybridized carbons (Fsp3) is 0.318. The van der Waals surface area contributed by atoms with E-state index in [9.17, 15) is 9.18 Å². The number of pyridine rings is 1. The van der Waals surface area contributed by atoms with E-state index in [4.69, 9.17) is 27.6 Å². The van der Waals surface area contributed by atoms with Gasteiger partial charge in [0, 0.05) is 44.8 Å². The molecule has 0 radical (unpaired) electrons. The second-order valence-electron chi connectivity index (χ2n) is 7.70. The van der Waals surface area contributed by atoms with Crippen LogP contribution in [-0.4, -0.2) is 65.1 Å². The van der Waals surface area contributed by atoms with Crippen LogP contribution >= 0.6 is 23.2 Å². The average Bonchev–Trinajstić information content (AvgIpc) is 3.17. The second kappa shape index (κ2) is 8.49. The quantitative estimate of drug-likeness (QED) is 0.396. The molecule has 0 spiro atoms. The van der Waals surface area contributed by atoms with Crippen molar-refractivity contribution in [3.8, 4) is 11.8 Å². The lowest BCUT2D eigenvalue weighted by molar-refractivity contribution is 0.106. The Bertz CT molecular complexity index is 1240. The van der Waals surface area contributed by atoms with Crippen LogP contribution in [0, 0.1) is 23.6 Å². The minimum Gasteiger partial charge on any atom is -0.422 e. The minimum atomic E-state index is -0.391. The number of anilines is 1. The Morgan fingerprint density at radius 2 is 1.84 bits per heavy atom. The molecule has 0 aliphatic carbocycles. The third-order valence-corrected chi connectivity index (χ3v) is 6.05. The van der Waals surface area contributed by atoms with Gasteiger partial charge in [0.15, 0.2) is 5.58 Å². The SMILES string of the molecule is O=C(N1CCN(c2nc3nc(Cl)ccc3o2)CC1)N1CC(C#Cc2ccc(F)cc2Cl)C1. The molecule has 4 heterocycles. The molecule has 1 aromatic carbocycles. The van der Waals surface area contributed by atoms with Crippen LogP contribution in [0.5, 0.6) is 0 Å². The molecule has 0 unspecified atom stereocenters. The minimum absolute atomic E-state index is 0.00790. The van der Waals surface area contributed by atoms with Crippen molar-refractivity contribution in [1.29, 1.82) is 0 Å². The van der Waals surface area contributed by atoms with Crippen molar-refractivity contribution in [2.24, 2.45) is 5.92 Å². The first kappa shape index (κ1) is 20.9. The number of carbonyl (C=O) groups is 1. The maximum atomic E-state index is 13.1. The van der Waals surface area contributed by atoms with E-state index in [0.717, 1.165) is 0 Å². The van der Waals surface area contributed by atoms with Crippen LogP contribution in [0.3, 0.4) is 0 Å². The first-order valence-corrected chi connectivity index (χ1v) is 10.9. The third kappa shape index (κ3) is 4.18. The molecule has 32 heavy (non-hydrogen) atoms. The molecule has 164 valence electrons. The summed E-state index contributed by atoms with van der Waals surface area (Å²) in [6.07, 6.45) is 0. The maximum Gasteiger partial charge on any atom is 0.320 e. The highest BCUT2D eigenvalue weighted by molar-refractivity contribution is 6.31. The Morgan fingerprint density at radius 3 is 2.59 bits per heavy atom. The number of oxazole rings is 1. The van der Waals surface area contributed by atoms with Gasteiger partial charge in [0.05, 0.1) is 10.9 Å². The number of benzene rings is 1. The van der Waals surface area contributed by atoms with Gasteiger partial charge in [-0.1, -0.05) is 35.0 Å². The zero-order valence-electron chi connectivity index (χ0n) is 16.9. The number of halogens is 3. The summed E-state index contributed by atoms with van der Waals surface area (Å²) in [5, 5.41) is 0.659. The second-order valence-corrected chi connectivity index (χ2v) is 8.50. The van der Waals surface area contributed by atoms with Crippen molar-refractivity contribution in [3.05, 3.63) is 51.9 Å². The topological polar surface area (TPSA) is 65.7 Å². The number of fused-ring (bicyclic) bond motifs is 1. The number of piperazine rings is 1. The summed E-state index contributed by atoms with van der Waals surface area (Å²) in [5.41, 5.74) is 1.64. The van der Waals surface area contributed by atoms with Gasteiger partial charge in [0.25, 0.3) is 6.01 Å². The van der Waals surface area contributed by atoms with Crippen LogP contribution in [0.25, 0.3) is 11.2 Å².